The minimum absolute atomic E-state index is 0.0814. The van der Waals surface area contributed by atoms with E-state index in [9.17, 15) is 4.79 Å². The number of ether oxygens (including phenoxy) is 4. The fourth-order valence-corrected chi connectivity index (χ4v) is 4.36. The summed E-state index contributed by atoms with van der Waals surface area (Å²) in [7, 11) is 1.37. The number of azide groups is 1. The van der Waals surface area contributed by atoms with Crippen LogP contribution in [0.4, 0.5) is 0 Å². The first-order chi connectivity index (χ1) is 13.2. The highest BCUT2D eigenvalue weighted by Crippen LogP contribution is 2.50. The molecule has 1 saturated carbocycles. The van der Waals surface area contributed by atoms with E-state index in [4.69, 9.17) is 24.5 Å². The van der Waals surface area contributed by atoms with Crippen LogP contribution < -0.4 is 4.74 Å². The van der Waals surface area contributed by atoms with Gasteiger partial charge in [-0.15, -0.1) is 0 Å². The average molecular weight is 373 g/mol. The highest BCUT2D eigenvalue weighted by Gasteiger charge is 2.51. The van der Waals surface area contributed by atoms with E-state index < -0.39 is 0 Å². The molecule has 4 rings (SSSR count). The zero-order valence-corrected chi connectivity index (χ0v) is 15.2. The molecule has 0 radical (unpaired) electrons. The van der Waals surface area contributed by atoms with Gasteiger partial charge in [-0.1, -0.05) is 23.3 Å². The van der Waals surface area contributed by atoms with Gasteiger partial charge in [0.05, 0.1) is 25.7 Å². The van der Waals surface area contributed by atoms with Crippen LogP contribution in [-0.4, -0.2) is 44.2 Å². The maximum Gasteiger partial charge on any atom is 0.310 e. The molecule has 2 fully saturated rings. The Hall–Kier alpha value is -2.28. The van der Waals surface area contributed by atoms with Gasteiger partial charge < -0.3 is 18.9 Å². The number of methoxy groups -OCH3 is 1. The van der Waals surface area contributed by atoms with Crippen LogP contribution in [0.2, 0.25) is 0 Å². The van der Waals surface area contributed by atoms with Crippen molar-refractivity contribution in [3.63, 3.8) is 0 Å². The Morgan fingerprint density at radius 1 is 1.41 bits per heavy atom. The lowest BCUT2D eigenvalue weighted by molar-refractivity contribution is -0.189. The van der Waals surface area contributed by atoms with Gasteiger partial charge in [0.15, 0.2) is 6.29 Å². The molecule has 0 N–H and O–H groups in total. The Bertz CT molecular complexity index is 758. The molecule has 3 aliphatic rings. The third-order valence-corrected chi connectivity index (χ3v) is 5.58. The monoisotopic (exact) mass is 373 g/mol. The summed E-state index contributed by atoms with van der Waals surface area (Å²) in [4.78, 5) is 14.7. The van der Waals surface area contributed by atoms with E-state index in [0.717, 1.165) is 30.4 Å². The molecule has 0 aromatic heterocycles. The molecular weight excluding hydrogens is 350 g/mol. The van der Waals surface area contributed by atoms with Crippen LogP contribution >= 0.6 is 0 Å². The Kier molecular flexibility index (Phi) is 5.20. The molecule has 1 aromatic rings. The number of benzene rings is 1. The molecule has 2 aliphatic heterocycles. The topological polar surface area (TPSA) is 103 Å². The van der Waals surface area contributed by atoms with E-state index in [-0.39, 0.29) is 42.8 Å². The number of para-hydroxylation sites is 1. The predicted molar refractivity (Wildman–Crippen MR) is 95.3 cm³/mol. The van der Waals surface area contributed by atoms with Crippen LogP contribution in [0.3, 0.4) is 0 Å². The second-order valence-corrected chi connectivity index (χ2v) is 7.17. The summed E-state index contributed by atoms with van der Waals surface area (Å²) in [6.45, 7) is 0.701. The van der Waals surface area contributed by atoms with Gasteiger partial charge in [-0.05, 0) is 24.8 Å². The van der Waals surface area contributed by atoms with Crippen molar-refractivity contribution in [2.75, 3.05) is 13.7 Å². The molecular formula is C19H23N3O5. The quantitative estimate of drug-likeness (QED) is 0.341. The lowest BCUT2D eigenvalue weighted by atomic mass is 9.92. The molecule has 144 valence electrons. The number of carbonyl (C=O) groups excluding carboxylic acids is 1. The van der Waals surface area contributed by atoms with Crippen LogP contribution in [-0.2, 0) is 25.4 Å². The number of hydrogen-bond acceptors (Lipinski definition) is 6. The average Bonchev–Trinajstić information content (AvgIpc) is 3.20. The van der Waals surface area contributed by atoms with Crippen molar-refractivity contribution in [1.29, 1.82) is 0 Å². The summed E-state index contributed by atoms with van der Waals surface area (Å²) in [6.07, 6.45) is 3.14. The zero-order valence-electron chi connectivity index (χ0n) is 15.2. The maximum absolute atomic E-state index is 11.7. The fraction of sp³-hybridized carbons (Fsp3) is 0.632. The number of fused-ring (bicyclic) bond motifs is 3. The number of esters is 1. The maximum atomic E-state index is 11.7. The molecule has 0 bridgehead atoms. The molecule has 0 amide bonds. The number of hydrogen-bond donors (Lipinski definition) is 0. The van der Waals surface area contributed by atoms with Gasteiger partial charge in [-0.2, -0.15) is 0 Å². The first-order valence-corrected chi connectivity index (χ1v) is 9.37. The molecule has 5 unspecified atom stereocenters. The summed E-state index contributed by atoms with van der Waals surface area (Å²) in [5.74, 6) is 0.316. The molecule has 1 aromatic carbocycles. The minimum atomic E-state index is -0.361. The van der Waals surface area contributed by atoms with E-state index in [1.54, 1.807) is 0 Å². The third kappa shape index (κ3) is 3.48. The standard InChI is InChI=1S/C19H23N3O5/c1-24-15(23)9-11-5-4-6-12-17-13(27-19(11)12)10-14(18(17)21-22-20)26-16-7-2-3-8-25-16/h4-6,13-14,16-18H,2-3,7-10H2,1H3. The summed E-state index contributed by atoms with van der Waals surface area (Å²) >= 11 is 0. The summed E-state index contributed by atoms with van der Waals surface area (Å²) in [5.41, 5.74) is 10.9. The first-order valence-electron chi connectivity index (χ1n) is 9.37. The summed E-state index contributed by atoms with van der Waals surface area (Å²) in [6, 6.07) is 5.37. The second kappa shape index (κ2) is 7.76. The third-order valence-electron chi connectivity index (χ3n) is 5.58. The molecule has 1 saturated heterocycles. The van der Waals surface area contributed by atoms with Crippen LogP contribution in [0, 0.1) is 0 Å². The molecule has 1 aliphatic carbocycles. The van der Waals surface area contributed by atoms with Gasteiger partial charge in [0, 0.05) is 35.0 Å². The Morgan fingerprint density at radius 3 is 3.04 bits per heavy atom. The molecule has 8 heteroatoms. The highest BCUT2D eigenvalue weighted by molar-refractivity contribution is 5.74. The zero-order chi connectivity index (χ0) is 18.8. The molecule has 0 spiro atoms. The van der Waals surface area contributed by atoms with Crippen molar-refractivity contribution in [3.05, 3.63) is 39.8 Å². The number of carbonyl (C=O) groups is 1. The molecule has 8 nitrogen and oxygen atoms in total. The van der Waals surface area contributed by atoms with E-state index in [1.807, 2.05) is 18.2 Å². The van der Waals surface area contributed by atoms with Crippen molar-refractivity contribution in [2.24, 2.45) is 5.11 Å². The number of nitrogens with zero attached hydrogens (tertiary/aromatic N) is 3. The van der Waals surface area contributed by atoms with E-state index in [2.05, 4.69) is 10.0 Å². The molecule has 2 heterocycles. The van der Waals surface area contributed by atoms with Gasteiger partial charge in [0.1, 0.15) is 11.9 Å². The minimum Gasteiger partial charge on any atom is -0.489 e. The Morgan fingerprint density at radius 2 is 2.30 bits per heavy atom. The highest BCUT2D eigenvalue weighted by atomic mass is 16.7. The van der Waals surface area contributed by atoms with Gasteiger partial charge in [-0.3, -0.25) is 4.79 Å². The summed E-state index contributed by atoms with van der Waals surface area (Å²) < 4.78 is 22.8. The van der Waals surface area contributed by atoms with Crippen molar-refractivity contribution >= 4 is 5.97 Å². The van der Waals surface area contributed by atoms with Crippen molar-refractivity contribution < 1.29 is 23.7 Å². The van der Waals surface area contributed by atoms with Gasteiger partial charge in [0.25, 0.3) is 0 Å². The lowest BCUT2D eigenvalue weighted by Crippen LogP contribution is -2.32. The van der Waals surface area contributed by atoms with E-state index >= 15 is 0 Å². The first kappa shape index (κ1) is 18.1. The fourth-order valence-electron chi connectivity index (χ4n) is 4.36. The Balaban J connectivity index is 1.57. The van der Waals surface area contributed by atoms with Crippen LogP contribution in [0.5, 0.6) is 5.75 Å². The van der Waals surface area contributed by atoms with Crippen molar-refractivity contribution in [3.8, 4) is 5.75 Å². The van der Waals surface area contributed by atoms with E-state index in [1.165, 1.54) is 7.11 Å². The van der Waals surface area contributed by atoms with Gasteiger partial charge in [0.2, 0.25) is 0 Å². The molecule has 5 atom stereocenters. The second-order valence-electron chi connectivity index (χ2n) is 7.17. The van der Waals surface area contributed by atoms with Crippen LogP contribution in [0.25, 0.3) is 10.4 Å². The predicted octanol–water partition coefficient (Wildman–Crippen LogP) is 3.24. The van der Waals surface area contributed by atoms with E-state index in [0.29, 0.717) is 18.8 Å². The lowest BCUT2D eigenvalue weighted by Gasteiger charge is -2.28. The van der Waals surface area contributed by atoms with Crippen molar-refractivity contribution in [1.82, 2.24) is 0 Å². The van der Waals surface area contributed by atoms with Gasteiger partial charge in [-0.25, -0.2) is 0 Å². The SMILES string of the molecule is COC(=O)Cc1cccc2c1OC1CC(OC3CCCCO3)C(N=[N+]=[N-])C21. The smallest absolute Gasteiger partial charge is 0.310 e. The molecule has 27 heavy (non-hydrogen) atoms. The van der Waals surface area contributed by atoms with Crippen molar-refractivity contribution in [2.45, 2.75) is 62.6 Å². The normalized spacial score (nSPS) is 31.4. The Labute approximate surface area is 157 Å². The van der Waals surface area contributed by atoms with Crippen LogP contribution in [0.1, 0.15) is 42.7 Å². The largest absolute Gasteiger partial charge is 0.489 e. The number of rotatable bonds is 5. The van der Waals surface area contributed by atoms with Crippen LogP contribution in [0.15, 0.2) is 23.3 Å². The summed E-state index contributed by atoms with van der Waals surface area (Å²) in [5, 5.41) is 4.05. The van der Waals surface area contributed by atoms with Gasteiger partial charge >= 0.3 is 5.97 Å².